The smallest absolute Gasteiger partial charge is 0.253 e. The number of hydrogen-bond donors (Lipinski definition) is 14. The number of anilines is 2. The molecule has 0 bridgehead atoms. The van der Waals surface area contributed by atoms with E-state index in [4.69, 9.17) is 0 Å². The van der Waals surface area contributed by atoms with Crippen LogP contribution in [-0.2, 0) is 9.59 Å². The first-order chi connectivity index (χ1) is 29.8. The van der Waals surface area contributed by atoms with Crippen molar-refractivity contribution in [2.75, 3.05) is 102 Å². The minimum atomic E-state index is -2.05. The highest BCUT2D eigenvalue weighted by molar-refractivity contribution is 14.1. The fraction of sp³-hybridized carbons (Fsp3) is 0.486. The van der Waals surface area contributed by atoms with E-state index < -0.39 is 132 Å². The first-order valence-electron chi connectivity index (χ1n) is 18.1. The number of aliphatic hydroxyl groups excluding tert-OH is 10. The van der Waals surface area contributed by atoms with Crippen LogP contribution in [0.3, 0.4) is 0 Å². The van der Waals surface area contributed by atoms with Crippen molar-refractivity contribution in [1.29, 1.82) is 0 Å². The van der Waals surface area contributed by atoms with Crippen LogP contribution in [0.2, 0.25) is 0 Å². The summed E-state index contributed by atoms with van der Waals surface area (Å²) in [6.45, 7) is -10.2. The van der Waals surface area contributed by atoms with Crippen molar-refractivity contribution in [2.45, 2.75) is 12.1 Å². The normalized spacial score (nSPS) is 11.5. The zero-order valence-electron chi connectivity index (χ0n) is 32.6. The van der Waals surface area contributed by atoms with Crippen LogP contribution >= 0.6 is 136 Å². The second kappa shape index (κ2) is 27.9. The molecule has 6 amide bonds. The molecule has 352 valence electrons. The van der Waals surface area contributed by atoms with Gasteiger partial charge in [0.15, 0.2) is 0 Å². The van der Waals surface area contributed by atoms with Crippen molar-refractivity contribution in [3.05, 3.63) is 43.7 Å². The molecule has 0 radical (unpaired) electrons. The third-order valence-electron chi connectivity index (χ3n) is 8.91. The van der Waals surface area contributed by atoms with Crippen LogP contribution in [0.5, 0.6) is 0 Å². The van der Waals surface area contributed by atoms with Crippen molar-refractivity contribution >= 4 is 182 Å². The fourth-order valence-corrected chi connectivity index (χ4v) is 15.1. The lowest BCUT2D eigenvalue weighted by Gasteiger charge is -2.40. The largest absolute Gasteiger partial charge is 0.396 e. The molecule has 2 aromatic rings. The third kappa shape index (κ3) is 14.2. The molecule has 0 aliphatic heterocycles. The van der Waals surface area contributed by atoms with Gasteiger partial charge < -0.3 is 82.1 Å². The number of halogens is 6. The van der Waals surface area contributed by atoms with Gasteiger partial charge in [0.2, 0.25) is 0 Å². The number of nitrogens with one attached hydrogen (secondary N) is 4. The van der Waals surface area contributed by atoms with Crippen LogP contribution in [0.15, 0.2) is 0 Å². The molecule has 0 atom stereocenters. The Morgan fingerprint density at radius 3 is 0.984 bits per heavy atom. The highest BCUT2D eigenvalue weighted by Crippen LogP contribution is 2.42. The average molecular weight is 1570 g/mol. The van der Waals surface area contributed by atoms with Crippen molar-refractivity contribution < 1.29 is 79.8 Å². The average Bonchev–Trinajstić information content (AvgIpc) is 3.26. The molecule has 0 saturated heterocycles. The summed E-state index contributed by atoms with van der Waals surface area (Å²) in [4.78, 5) is 84.4. The van der Waals surface area contributed by atoms with Crippen LogP contribution in [0, 0.1) is 26.8 Å². The van der Waals surface area contributed by atoms with Crippen molar-refractivity contribution in [3.63, 3.8) is 0 Å². The number of carbonyl (C=O) groups is 6. The maximum absolute atomic E-state index is 13.9. The Kier molecular flexibility index (Phi) is 25.9. The highest BCUT2D eigenvalue weighted by atomic mass is 127. The van der Waals surface area contributed by atoms with E-state index in [1.807, 2.05) is 0 Å². The monoisotopic (exact) mass is 1570 g/mol. The van der Waals surface area contributed by atoms with E-state index >= 15 is 0 Å². The molecule has 0 aliphatic carbocycles. The molecular weight excluding hydrogens is 1520 g/mol. The van der Waals surface area contributed by atoms with E-state index in [0.717, 1.165) is 9.80 Å². The summed E-state index contributed by atoms with van der Waals surface area (Å²) in [7, 11) is 0. The molecule has 0 fully saturated rings. The van der Waals surface area contributed by atoms with Crippen LogP contribution in [0.1, 0.15) is 41.4 Å². The zero-order chi connectivity index (χ0) is 47.9. The van der Waals surface area contributed by atoms with Gasteiger partial charge >= 0.3 is 0 Å². The van der Waals surface area contributed by atoms with Gasteiger partial charge in [-0.15, -0.1) is 0 Å². The highest BCUT2D eigenvalue weighted by Gasteiger charge is 2.42. The van der Waals surface area contributed by atoms with E-state index in [0.29, 0.717) is 0 Å². The minimum absolute atomic E-state index is 0.00380. The van der Waals surface area contributed by atoms with Crippen LogP contribution in [-0.4, -0.2) is 191 Å². The zero-order valence-corrected chi connectivity index (χ0v) is 45.6. The van der Waals surface area contributed by atoms with E-state index in [1.54, 1.807) is 136 Å². The molecule has 28 heteroatoms. The Morgan fingerprint density at radius 1 is 0.460 bits per heavy atom. The Balaban J connectivity index is 3.12. The Hall–Kier alpha value is -0.760. The Labute approximate surface area is 441 Å². The molecule has 0 heterocycles. The Morgan fingerprint density at radius 2 is 0.746 bits per heavy atom. The van der Waals surface area contributed by atoms with Gasteiger partial charge in [-0.25, -0.2) is 0 Å². The summed E-state index contributed by atoms with van der Waals surface area (Å²) in [6, 6.07) is -2.32. The fourth-order valence-electron chi connectivity index (χ4n) is 5.63. The topological polar surface area (TPSA) is 359 Å². The second-order valence-corrected chi connectivity index (χ2v) is 19.7. The van der Waals surface area contributed by atoms with E-state index in [9.17, 15) is 79.8 Å². The number of aliphatic hydroxyl groups is 10. The van der Waals surface area contributed by atoms with Crippen LogP contribution in [0.25, 0.3) is 0 Å². The molecule has 2 aromatic carbocycles. The SMILES string of the molecule is O=C(NCCO)c1c(I)c(C(=O)NC(CO)CO)c(I)c(N(CC(CO)(CO)CN(C(=O)CO)c2c(I)c(C(=O)NCCO)c(I)c(C(=O)NC(CO)CO)c2I)C(=O)CO)c1I. The second-order valence-electron chi connectivity index (χ2n) is 13.2. The first kappa shape index (κ1) is 58.4. The number of nitrogens with zero attached hydrogens (tertiary/aromatic N) is 2. The number of hydrogen-bond acceptors (Lipinski definition) is 16. The molecular formula is C35H44I6N6O16. The molecule has 0 aromatic heterocycles. The number of rotatable bonds is 24. The predicted octanol–water partition coefficient (Wildman–Crippen LogP) is -2.75. The lowest BCUT2D eigenvalue weighted by molar-refractivity contribution is -0.122. The van der Waals surface area contributed by atoms with Gasteiger partial charge in [-0.2, -0.15) is 0 Å². The van der Waals surface area contributed by atoms with Crippen LogP contribution < -0.4 is 31.1 Å². The lowest BCUT2D eigenvalue weighted by atomic mass is 9.87. The van der Waals surface area contributed by atoms with Crippen molar-refractivity contribution in [1.82, 2.24) is 21.3 Å². The van der Waals surface area contributed by atoms with Gasteiger partial charge in [0.05, 0.1) is 118 Å². The standard InChI is InChI=1S/C35H44I6N6O16/c36-23-19(31(60)42-1-3-48)25(38)29(27(40)21(23)33(62)44-15(5-50)6-51)46(17(58)9-54)11-35(13-56,14-57)12-47(18(59)10-55)30-26(39)20(32(61)43-2-4-49)24(37)22(28(30)41)34(63)45-16(7-52)8-53/h15-16,48-57H,1-14H2,(H,42,60)(H,43,61)(H,44,62)(H,45,63). The third-order valence-corrected chi connectivity index (χ3v) is 15.3. The minimum Gasteiger partial charge on any atom is -0.396 e. The molecule has 14 N–H and O–H groups in total. The molecule has 0 unspecified atom stereocenters. The summed E-state index contributed by atoms with van der Waals surface area (Å²) in [5.74, 6) is -5.66. The van der Waals surface area contributed by atoms with E-state index in [1.165, 1.54) is 0 Å². The lowest BCUT2D eigenvalue weighted by Crippen LogP contribution is -2.54. The van der Waals surface area contributed by atoms with Crippen molar-refractivity contribution in [3.8, 4) is 0 Å². The number of benzene rings is 2. The van der Waals surface area contributed by atoms with Gasteiger partial charge in [-0.05, 0) is 136 Å². The van der Waals surface area contributed by atoms with Gasteiger partial charge in [0, 0.05) is 33.3 Å². The number of amides is 6. The maximum atomic E-state index is 13.9. The molecule has 0 aliphatic rings. The summed E-state index contributed by atoms with van der Waals surface area (Å²) < 4.78 is 0.0212. The van der Waals surface area contributed by atoms with Gasteiger partial charge in [0.25, 0.3) is 35.4 Å². The molecule has 2 rings (SSSR count). The van der Waals surface area contributed by atoms with Gasteiger partial charge in [-0.1, -0.05) is 0 Å². The van der Waals surface area contributed by atoms with Gasteiger partial charge in [-0.3, -0.25) is 28.8 Å². The maximum Gasteiger partial charge on any atom is 0.253 e. The van der Waals surface area contributed by atoms with Crippen LogP contribution in [0.4, 0.5) is 11.4 Å². The van der Waals surface area contributed by atoms with E-state index in [2.05, 4.69) is 21.3 Å². The van der Waals surface area contributed by atoms with Crippen molar-refractivity contribution in [2.24, 2.45) is 5.41 Å². The van der Waals surface area contributed by atoms with Gasteiger partial charge in [0.1, 0.15) is 13.2 Å². The quantitative estimate of drug-likeness (QED) is 0.0474. The molecule has 0 saturated carbocycles. The summed E-state index contributed by atoms with van der Waals surface area (Å²) in [5, 5.41) is 110. The summed E-state index contributed by atoms with van der Waals surface area (Å²) in [6.07, 6.45) is 0. The summed E-state index contributed by atoms with van der Waals surface area (Å²) >= 11 is 10.3. The van der Waals surface area contributed by atoms with E-state index in [-0.39, 0.29) is 68.1 Å². The first-order valence-corrected chi connectivity index (χ1v) is 24.6. The summed E-state index contributed by atoms with van der Waals surface area (Å²) in [5.41, 5.74) is -3.30. The number of carbonyl (C=O) groups excluding carboxylic acids is 6. The Bertz CT molecular complexity index is 1870. The molecule has 0 spiro atoms. The molecule has 22 nitrogen and oxygen atoms in total. The predicted molar refractivity (Wildman–Crippen MR) is 274 cm³/mol. The molecule has 63 heavy (non-hydrogen) atoms.